The monoisotopic (exact) mass is 138 g/mol. The van der Waals surface area contributed by atoms with Gasteiger partial charge in [0.05, 0.1) is 0 Å². The Bertz CT molecular complexity index is 202. The summed E-state index contributed by atoms with van der Waals surface area (Å²) in [6.45, 7) is 7.07. The molecule has 3 heteroatoms. The zero-order valence-corrected chi connectivity index (χ0v) is 6.16. The van der Waals surface area contributed by atoms with Crippen molar-refractivity contribution in [3.05, 3.63) is 17.7 Å². The smallest absolute Gasteiger partial charge is 0.323 e. The van der Waals surface area contributed by atoms with Crippen molar-refractivity contribution >= 4 is 12.0 Å². The molecule has 0 rings (SSSR count). The standard InChI is InChI=1S/C7H10N2O/c1-5(2)6(3)7(10)4-9-8/h4,6H,1H2,2-3H3. The van der Waals surface area contributed by atoms with E-state index in [-0.39, 0.29) is 11.7 Å². The average Bonchev–Trinajstić information content (AvgIpc) is 1.87. The van der Waals surface area contributed by atoms with Gasteiger partial charge < -0.3 is 5.53 Å². The molecule has 0 aliphatic heterocycles. The highest BCUT2D eigenvalue weighted by Crippen LogP contribution is 2.05. The second-order valence-electron chi connectivity index (χ2n) is 2.21. The zero-order chi connectivity index (χ0) is 8.15. The Hall–Kier alpha value is -1.21. The van der Waals surface area contributed by atoms with Crippen LogP contribution in [0, 0.1) is 5.92 Å². The Balaban J connectivity index is 4.21. The van der Waals surface area contributed by atoms with E-state index in [9.17, 15) is 4.79 Å². The van der Waals surface area contributed by atoms with Crippen molar-refractivity contribution in [1.29, 1.82) is 0 Å². The summed E-state index contributed by atoms with van der Waals surface area (Å²) >= 11 is 0. The van der Waals surface area contributed by atoms with Crippen molar-refractivity contribution < 1.29 is 9.58 Å². The summed E-state index contributed by atoms with van der Waals surface area (Å²) in [6, 6.07) is 0. The quantitative estimate of drug-likeness (QED) is 0.249. The van der Waals surface area contributed by atoms with E-state index in [1.807, 2.05) is 0 Å². The van der Waals surface area contributed by atoms with E-state index < -0.39 is 0 Å². The van der Waals surface area contributed by atoms with Gasteiger partial charge in [-0.3, -0.25) is 4.79 Å². The molecule has 0 saturated heterocycles. The highest BCUT2D eigenvalue weighted by atomic mass is 16.1. The maximum absolute atomic E-state index is 10.8. The summed E-state index contributed by atoms with van der Waals surface area (Å²) in [5, 5.41) is 0. The summed E-state index contributed by atoms with van der Waals surface area (Å²) in [7, 11) is 0. The summed E-state index contributed by atoms with van der Waals surface area (Å²) < 4.78 is 0. The van der Waals surface area contributed by atoms with Crippen molar-refractivity contribution in [3.63, 3.8) is 0 Å². The minimum Gasteiger partial charge on any atom is -0.361 e. The Labute approximate surface area is 60.0 Å². The third-order valence-electron chi connectivity index (χ3n) is 1.35. The minimum atomic E-state index is -0.254. The molecule has 0 aromatic heterocycles. The van der Waals surface area contributed by atoms with Gasteiger partial charge in [0, 0.05) is 5.92 Å². The number of hydrogen-bond acceptors (Lipinski definition) is 1. The van der Waals surface area contributed by atoms with Gasteiger partial charge in [0.1, 0.15) is 0 Å². The third-order valence-corrected chi connectivity index (χ3v) is 1.35. The molecule has 54 valence electrons. The number of hydrogen-bond donors (Lipinski definition) is 0. The molecule has 0 aromatic rings. The molecule has 3 nitrogen and oxygen atoms in total. The minimum absolute atomic E-state index is 0.227. The molecule has 0 fully saturated rings. The first-order chi connectivity index (χ1) is 4.59. The van der Waals surface area contributed by atoms with Gasteiger partial charge in [-0.05, 0) is 6.92 Å². The van der Waals surface area contributed by atoms with Gasteiger partial charge in [-0.15, -0.1) is 0 Å². The van der Waals surface area contributed by atoms with E-state index in [1.54, 1.807) is 13.8 Å². The zero-order valence-electron chi connectivity index (χ0n) is 6.16. The van der Waals surface area contributed by atoms with E-state index in [2.05, 4.69) is 11.4 Å². The highest BCUT2D eigenvalue weighted by Gasteiger charge is 2.13. The van der Waals surface area contributed by atoms with Crippen molar-refractivity contribution in [1.82, 2.24) is 0 Å². The van der Waals surface area contributed by atoms with Crippen LogP contribution in [0.4, 0.5) is 0 Å². The number of rotatable bonds is 3. The predicted molar refractivity (Wildman–Crippen MR) is 38.7 cm³/mol. The van der Waals surface area contributed by atoms with Crippen molar-refractivity contribution in [2.75, 3.05) is 0 Å². The lowest BCUT2D eigenvalue weighted by atomic mass is 10.0. The van der Waals surface area contributed by atoms with Crippen molar-refractivity contribution in [2.45, 2.75) is 13.8 Å². The van der Waals surface area contributed by atoms with Gasteiger partial charge in [-0.1, -0.05) is 19.1 Å². The molecule has 0 spiro atoms. The number of allylic oxidation sites excluding steroid dienone is 1. The molecule has 1 atom stereocenters. The van der Waals surface area contributed by atoms with Crippen molar-refractivity contribution in [2.24, 2.45) is 5.92 Å². The van der Waals surface area contributed by atoms with Crippen LogP contribution in [0.1, 0.15) is 13.8 Å². The first-order valence-corrected chi connectivity index (χ1v) is 2.96. The Kier molecular flexibility index (Phi) is 3.29. The van der Waals surface area contributed by atoms with Gasteiger partial charge in [0.15, 0.2) is 0 Å². The van der Waals surface area contributed by atoms with Crippen LogP contribution >= 0.6 is 0 Å². The Morgan fingerprint density at radius 2 is 2.30 bits per heavy atom. The maximum Gasteiger partial charge on any atom is 0.323 e. The Morgan fingerprint density at radius 1 is 1.80 bits per heavy atom. The van der Waals surface area contributed by atoms with Crippen LogP contribution in [0.15, 0.2) is 12.2 Å². The Morgan fingerprint density at radius 3 is 2.60 bits per heavy atom. The molecular weight excluding hydrogens is 128 g/mol. The number of carbonyl (C=O) groups is 1. The average molecular weight is 138 g/mol. The molecule has 0 heterocycles. The number of Topliss-reactive ketones (excluding diaryl/α,β-unsaturated/α-hetero) is 1. The van der Waals surface area contributed by atoms with Crippen LogP contribution in [0.5, 0.6) is 0 Å². The molecule has 0 radical (unpaired) electrons. The molecule has 0 aliphatic carbocycles. The second kappa shape index (κ2) is 3.75. The van der Waals surface area contributed by atoms with Crippen LogP contribution in [0.3, 0.4) is 0 Å². The summed E-state index contributed by atoms with van der Waals surface area (Å²) in [4.78, 5) is 13.4. The van der Waals surface area contributed by atoms with E-state index >= 15 is 0 Å². The maximum atomic E-state index is 10.8. The van der Waals surface area contributed by atoms with E-state index in [1.165, 1.54) is 0 Å². The van der Waals surface area contributed by atoms with Crippen LogP contribution in [-0.4, -0.2) is 16.8 Å². The largest absolute Gasteiger partial charge is 0.361 e. The molecule has 0 saturated carbocycles. The summed E-state index contributed by atoms with van der Waals surface area (Å²) in [6.07, 6.45) is 0.888. The first-order valence-electron chi connectivity index (χ1n) is 2.96. The van der Waals surface area contributed by atoms with Crippen LogP contribution in [0.2, 0.25) is 0 Å². The lowest BCUT2D eigenvalue weighted by molar-refractivity contribution is -0.118. The van der Waals surface area contributed by atoms with Crippen LogP contribution in [-0.2, 0) is 4.79 Å². The predicted octanol–water partition coefficient (Wildman–Crippen LogP) is 1.07. The molecule has 0 aromatic carbocycles. The fraction of sp³-hybridized carbons (Fsp3) is 0.429. The molecule has 0 amide bonds. The molecule has 0 bridgehead atoms. The van der Waals surface area contributed by atoms with Gasteiger partial charge in [0.25, 0.3) is 0 Å². The van der Waals surface area contributed by atoms with E-state index in [4.69, 9.17) is 5.53 Å². The number of nitrogens with zero attached hydrogens (tertiary/aromatic N) is 2. The normalized spacial score (nSPS) is 11.4. The molecular formula is C7H10N2O. The summed E-state index contributed by atoms with van der Waals surface area (Å²) in [5.41, 5.74) is 8.75. The fourth-order valence-corrected chi connectivity index (χ4v) is 0.412. The van der Waals surface area contributed by atoms with Gasteiger partial charge in [-0.2, -0.15) is 4.79 Å². The van der Waals surface area contributed by atoms with Gasteiger partial charge in [0.2, 0.25) is 5.78 Å². The molecule has 0 N–H and O–H groups in total. The second-order valence-corrected chi connectivity index (χ2v) is 2.21. The number of carbonyl (C=O) groups excluding carboxylic acids is 1. The fourth-order valence-electron chi connectivity index (χ4n) is 0.412. The van der Waals surface area contributed by atoms with Gasteiger partial charge >= 0.3 is 6.21 Å². The van der Waals surface area contributed by atoms with E-state index in [0.717, 1.165) is 11.8 Å². The lowest BCUT2D eigenvalue weighted by Gasteiger charge is -2.01. The molecule has 0 aliphatic rings. The first kappa shape index (κ1) is 8.79. The SMILES string of the molecule is C=C(C)C(C)C(=O)C=[N+]=[N-]. The highest BCUT2D eigenvalue weighted by molar-refractivity contribution is 6.26. The molecule has 1 unspecified atom stereocenters. The van der Waals surface area contributed by atoms with E-state index in [0.29, 0.717) is 0 Å². The van der Waals surface area contributed by atoms with Gasteiger partial charge in [-0.25, -0.2) is 0 Å². The van der Waals surface area contributed by atoms with Crippen LogP contribution < -0.4 is 0 Å². The number of ketones is 1. The topological polar surface area (TPSA) is 53.5 Å². The summed E-state index contributed by atoms with van der Waals surface area (Å²) in [5.74, 6) is -0.481. The lowest BCUT2D eigenvalue weighted by Crippen LogP contribution is -2.12. The van der Waals surface area contributed by atoms with Crippen molar-refractivity contribution in [3.8, 4) is 0 Å². The van der Waals surface area contributed by atoms with Crippen LogP contribution in [0.25, 0.3) is 5.53 Å². The molecule has 10 heavy (non-hydrogen) atoms. The third kappa shape index (κ3) is 2.37.